The third kappa shape index (κ3) is 6.16. The molecule has 0 aromatic heterocycles. The Hall–Kier alpha value is -1.18. The van der Waals surface area contributed by atoms with Crippen LogP contribution >= 0.6 is 7.60 Å². The number of rotatable bonds is 8. The summed E-state index contributed by atoms with van der Waals surface area (Å²) in [7, 11) is -3.25. The Morgan fingerprint density at radius 3 is 2.63 bits per heavy atom. The Balaban J connectivity index is 2.15. The highest BCUT2D eigenvalue weighted by Crippen LogP contribution is 2.49. The number of carbonyl (C=O) groups is 1. The fourth-order valence-electron chi connectivity index (χ4n) is 2.97. The molecule has 0 radical (unpaired) electrons. The second-order valence-electron chi connectivity index (χ2n) is 7.44. The van der Waals surface area contributed by atoms with Crippen molar-refractivity contribution in [3.8, 4) is 0 Å². The van der Waals surface area contributed by atoms with Crippen molar-refractivity contribution in [2.45, 2.75) is 71.7 Å². The van der Waals surface area contributed by atoms with Crippen LogP contribution in [0.2, 0.25) is 0 Å². The van der Waals surface area contributed by atoms with Gasteiger partial charge in [-0.3, -0.25) is 9.36 Å². The molecule has 0 bridgehead atoms. The van der Waals surface area contributed by atoms with Crippen LogP contribution in [0.4, 0.5) is 0 Å². The lowest BCUT2D eigenvalue weighted by Crippen LogP contribution is -2.42. The lowest BCUT2D eigenvalue weighted by Gasteiger charge is -2.32. The van der Waals surface area contributed by atoms with E-state index < -0.39 is 26.0 Å². The van der Waals surface area contributed by atoms with E-state index >= 15 is 0 Å². The molecule has 0 saturated carbocycles. The molecule has 2 heterocycles. The van der Waals surface area contributed by atoms with E-state index in [1.165, 1.54) is 6.66 Å². The molecule has 0 aliphatic carbocycles. The predicted octanol–water partition coefficient (Wildman–Crippen LogP) is 2.97. The van der Waals surface area contributed by atoms with Crippen LogP contribution in [0.3, 0.4) is 0 Å². The highest BCUT2D eigenvalue weighted by Gasteiger charge is 2.43. The molecule has 1 amide bonds. The average molecular weight is 402 g/mol. The molecule has 9 heteroatoms. The lowest BCUT2D eigenvalue weighted by atomic mass is 10.1. The molecule has 1 fully saturated rings. The average Bonchev–Trinajstić information content (AvgIpc) is 2.89. The van der Waals surface area contributed by atoms with Gasteiger partial charge in [0.25, 0.3) is 5.91 Å². The van der Waals surface area contributed by atoms with Gasteiger partial charge in [0.05, 0.1) is 24.9 Å². The molecule has 27 heavy (non-hydrogen) atoms. The molecule has 0 aromatic carbocycles. The Morgan fingerprint density at radius 2 is 2.04 bits per heavy atom. The van der Waals surface area contributed by atoms with E-state index in [1.807, 2.05) is 13.8 Å². The third-order valence-corrected chi connectivity index (χ3v) is 5.53. The zero-order valence-electron chi connectivity index (χ0n) is 16.9. The van der Waals surface area contributed by atoms with E-state index in [1.54, 1.807) is 31.9 Å². The van der Waals surface area contributed by atoms with Crippen LogP contribution in [0.15, 0.2) is 24.2 Å². The highest BCUT2D eigenvalue weighted by molar-refractivity contribution is 7.53. The second kappa shape index (κ2) is 8.88. The molecule has 154 valence electrons. The maximum atomic E-state index is 12.7. The largest absolute Gasteiger partial charge is 0.376 e. The Labute approximate surface area is 161 Å². The zero-order valence-corrected chi connectivity index (χ0v) is 17.8. The maximum Gasteiger partial charge on any atom is 0.328 e. The van der Waals surface area contributed by atoms with Crippen molar-refractivity contribution < 1.29 is 27.9 Å². The number of nitrogens with zero attached hydrogens (tertiary/aromatic N) is 1. The topological polar surface area (TPSA) is 86.3 Å². The third-order valence-electron chi connectivity index (χ3n) is 4.07. The molecular weight excluding hydrogens is 371 g/mol. The molecule has 0 spiro atoms. The van der Waals surface area contributed by atoms with Crippen LogP contribution in [-0.2, 0) is 27.9 Å². The van der Waals surface area contributed by atoms with Crippen LogP contribution in [0.5, 0.6) is 0 Å². The summed E-state index contributed by atoms with van der Waals surface area (Å²) < 4.78 is 35.7. The first-order valence-corrected chi connectivity index (χ1v) is 11.2. The first-order chi connectivity index (χ1) is 12.5. The monoisotopic (exact) mass is 402 g/mol. The molecule has 1 N–H and O–H groups in total. The summed E-state index contributed by atoms with van der Waals surface area (Å²) in [5.74, 6) is 0.239. The van der Waals surface area contributed by atoms with E-state index in [0.717, 1.165) is 0 Å². The molecule has 1 saturated heterocycles. The van der Waals surface area contributed by atoms with E-state index in [4.69, 9.17) is 18.5 Å². The van der Waals surface area contributed by atoms with Gasteiger partial charge in [0, 0.05) is 24.9 Å². The summed E-state index contributed by atoms with van der Waals surface area (Å²) in [6.07, 6.45) is 0.641. The van der Waals surface area contributed by atoms with Crippen molar-refractivity contribution in [3.63, 3.8) is 0 Å². The Kier molecular flexibility index (Phi) is 7.27. The first kappa shape index (κ1) is 22.1. The van der Waals surface area contributed by atoms with Gasteiger partial charge in [-0.15, -0.1) is 0 Å². The highest BCUT2D eigenvalue weighted by atomic mass is 31.2. The minimum atomic E-state index is -3.25. The number of hydrogen-bond donors (Lipinski definition) is 1. The van der Waals surface area contributed by atoms with Crippen LogP contribution < -0.4 is 5.32 Å². The van der Waals surface area contributed by atoms with Crippen molar-refractivity contribution >= 4 is 13.5 Å². The SMILES string of the molecule is C=C1NC(=O)C(C)=CN1[C@H]1C[C@@H](OP(C)(=O)OC(C)C)[C@@H](COC(C)C)O1. The normalized spacial score (nSPS) is 28.5. The maximum absolute atomic E-state index is 12.7. The summed E-state index contributed by atoms with van der Waals surface area (Å²) in [6, 6.07) is 0. The van der Waals surface area contributed by atoms with Crippen LogP contribution in [0.25, 0.3) is 0 Å². The van der Waals surface area contributed by atoms with E-state index in [-0.39, 0.29) is 18.1 Å². The van der Waals surface area contributed by atoms with E-state index in [9.17, 15) is 9.36 Å². The van der Waals surface area contributed by atoms with Crippen molar-refractivity contribution in [1.82, 2.24) is 10.2 Å². The molecule has 2 aliphatic rings. The number of hydrogen-bond acceptors (Lipinski definition) is 7. The summed E-state index contributed by atoms with van der Waals surface area (Å²) >= 11 is 0. The predicted molar refractivity (Wildman–Crippen MR) is 102 cm³/mol. The molecule has 4 atom stereocenters. The Bertz CT molecular complexity index is 648. The lowest BCUT2D eigenvalue weighted by molar-refractivity contribution is -0.119. The fraction of sp³-hybridized carbons (Fsp3) is 0.722. The fourth-order valence-corrected chi connectivity index (χ4v) is 4.50. The van der Waals surface area contributed by atoms with Gasteiger partial charge >= 0.3 is 7.60 Å². The minimum absolute atomic E-state index is 0.0278. The van der Waals surface area contributed by atoms with Crippen molar-refractivity contribution in [2.24, 2.45) is 0 Å². The number of nitrogens with one attached hydrogen (secondary N) is 1. The minimum Gasteiger partial charge on any atom is -0.376 e. The zero-order chi connectivity index (χ0) is 20.4. The van der Waals surface area contributed by atoms with Gasteiger partial charge in [-0.05, 0) is 34.6 Å². The van der Waals surface area contributed by atoms with E-state index in [2.05, 4.69) is 11.9 Å². The van der Waals surface area contributed by atoms with Crippen molar-refractivity contribution in [1.29, 1.82) is 0 Å². The van der Waals surface area contributed by atoms with Gasteiger partial charge < -0.3 is 28.7 Å². The molecule has 0 aromatic rings. The summed E-state index contributed by atoms with van der Waals surface area (Å²) in [4.78, 5) is 13.5. The molecule has 8 nitrogen and oxygen atoms in total. The van der Waals surface area contributed by atoms with Gasteiger partial charge in [-0.25, -0.2) is 0 Å². The van der Waals surface area contributed by atoms with Crippen LogP contribution in [0, 0.1) is 0 Å². The quantitative estimate of drug-likeness (QED) is 0.625. The van der Waals surface area contributed by atoms with Gasteiger partial charge in [0.15, 0.2) is 0 Å². The van der Waals surface area contributed by atoms with E-state index in [0.29, 0.717) is 24.4 Å². The summed E-state index contributed by atoms with van der Waals surface area (Å²) in [5, 5.41) is 2.70. The van der Waals surface area contributed by atoms with Crippen molar-refractivity contribution in [2.75, 3.05) is 13.3 Å². The van der Waals surface area contributed by atoms with Crippen LogP contribution in [0.1, 0.15) is 41.0 Å². The summed E-state index contributed by atoms with van der Waals surface area (Å²) in [5.41, 5.74) is 0.551. The standard InChI is InChI=1S/C18H31N2O6P/c1-11(2)23-10-16-15(26-27(7,22)25-12(3)4)8-17(24-16)20-9-13(5)18(21)19-14(20)6/h9,11-12,15-17H,6,8,10H2,1-5,7H3,(H,19,21)/t15-,16-,17-,27?/m1/s1. The first-order valence-electron chi connectivity index (χ1n) is 9.17. The molecular formula is C18H31N2O6P. The van der Waals surface area contributed by atoms with Crippen molar-refractivity contribution in [3.05, 3.63) is 24.2 Å². The second-order valence-corrected chi connectivity index (χ2v) is 9.40. The molecule has 2 aliphatic heterocycles. The van der Waals surface area contributed by atoms with Gasteiger partial charge in [0.2, 0.25) is 0 Å². The van der Waals surface area contributed by atoms with Gasteiger partial charge in [-0.1, -0.05) is 6.58 Å². The van der Waals surface area contributed by atoms with Crippen LogP contribution in [-0.4, -0.2) is 54.7 Å². The number of carbonyl (C=O) groups excluding carboxylic acids is 1. The Morgan fingerprint density at radius 1 is 1.37 bits per heavy atom. The smallest absolute Gasteiger partial charge is 0.328 e. The summed E-state index contributed by atoms with van der Waals surface area (Å²) in [6.45, 7) is 14.8. The molecule has 2 rings (SSSR count). The molecule has 1 unspecified atom stereocenters. The number of amides is 1. The number of ether oxygens (including phenoxy) is 2. The van der Waals surface area contributed by atoms with Gasteiger partial charge in [0.1, 0.15) is 18.2 Å². The van der Waals surface area contributed by atoms with Gasteiger partial charge in [-0.2, -0.15) is 0 Å².